The lowest BCUT2D eigenvalue weighted by molar-refractivity contribution is 0.413. The van der Waals surface area contributed by atoms with Gasteiger partial charge >= 0.3 is 0 Å². The van der Waals surface area contributed by atoms with Gasteiger partial charge in [0.15, 0.2) is 5.82 Å². The number of benzene rings is 1. The summed E-state index contributed by atoms with van der Waals surface area (Å²) in [6, 6.07) is 14.4. The predicted molar refractivity (Wildman–Crippen MR) is 134 cm³/mol. The van der Waals surface area contributed by atoms with Gasteiger partial charge in [0.2, 0.25) is 0 Å². The van der Waals surface area contributed by atoms with Gasteiger partial charge in [-0.05, 0) is 55.2 Å². The zero-order chi connectivity index (χ0) is 22.9. The van der Waals surface area contributed by atoms with Crippen molar-refractivity contribution in [3.63, 3.8) is 0 Å². The van der Waals surface area contributed by atoms with Crippen LogP contribution in [0.15, 0.2) is 61.1 Å². The molecule has 8 heteroatoms. The summed E-state index contributed by atoms with van der Waals surface area (Å²) in [5, 5.41) is 7.93. The summed E-state index contributed by atoms with van der Waals surface area (Å²) in [6.45, 7) is 2.78. The molecule has 1 saturated heterocycles. The molecule has 0 unspecified atom stereocenters. The van der Waals surface area contributed by atoms with Crippen molar-refractivity contribution in [3.05, 3.63) is 61.1 Å². The third kappa shape index (κ3) is 4.12. The second-order valence-electron chi connectivity index (χ2n) is 8.87. The molecule has 172 valence electrons. The van der Waals surface area contributed by atoms with Crippen LogP contribution in [0.25, 0.3) is 22.3 Å². The van der Waals surface area contributed by atoms with Crippen LogP contribution in [0.3, 0.4) is 0 Å². The highest BCUT2D eigenvalue weighted by Crippen LogP contribution is 2.37. The lowest BCUT2D eigenvalue weighted by Gasteiger charge is -2.35. The average Bonchev–Trinajstić information content (AvgIpc) is 3.75. The first-order valence-corrected chi connectivity index (χ1v) is 11.7. The first-order valence-electron chi connectivity index (χ1n) is 11.7. The Morgan fingerprint density at radius 3 is 2.71 bits per heavy atom. The minimum absolute atomic E-state index is 0.506. The van der Waals surface area contributed by atoms with E-state index in [1.165, 1.54) is 12.8 Å². The molecule has 1 atom stereocenters. The van der Waals surface area contributed by atoms with Gasteiger partial charge in [-0.2, -0.15) is 0 Å². The maximum atomic E-state index is 5.66. The van der Waals surface area contributed by atoms with Gasteiger partial charge in [0, 0.05) is 43.1 Å². The molecule has 1 aliphatic carbocycles. The fourth-order valence-electron chi connectivity index (χ4n) is 4.62. The molecule has 4 heterocycles. The number of hydrogen-bond donors (Lipinski definition) is 2. The number of ether oxygens (including phenoxy) is 1. The molecule has 2 N–H and O–H groups in total. The molecule has 2 fully saturated rings. The van der Waals surface area contributed by atoms with Crippen molar-refractivity contribution < 1.29 is 4.74 Å². The number of methoxy groups -OCH3 is 1. The first-order chi connectivity index (χ1) is 16.8. The van der Waals surface area contributed by atoms with Gasteiger partial charge < -0.3 is 20.3 Å². The van der Waals surface area contributed by atoms with E-state index >= 15 is 0 Å². The molecular formula is C26H27N7O. The van der Waals surface area contributed by atoms with Gasteiger partial charge in [-0.1, -0.05) is 6.07 Å². The molecule has 2 aliphatic rings. The maximum Gasteiger partial charge on any atom is 0.162 e. The Bertz CT molecular complexity index is 1290. The van der Waals surface area contributed by atoms with Crippen molar-refractivity contribution in [2.24, 2.45) is 5.92 Å². The van der Waals surface area contributed by atoms with Crippen LogP contribution in [0.1, 0.15) is 12.8 Å². The number of anilines is 3. The van der Waals surface area contributed by atoms with Crippen LogP contribution in [0.4, 0.5) is 17.3 Å². The minimum atomic E-state index is 0.506. The van der Waals surface area contributed by atoms with E-state index in [0.29, 0.717) is 17.6 Å². The van der Waals surface area contributed by atoms with Crippen LogP contribution < -0.4 is 20.3 Å². The van der Waals surface area contributed by atoms with Gasteiger partial charge in [0.05, 0.1) is 30.4 Å². The molecule has 6 rings (SSSR count). The molecule has 34 heavy (non-hydrogen) atoms. The Morgan fingerprint density at radius 1 is 1.06 bits per heavy atom. The number of fused-ring (bicyclic) bond motifs is 1. The highest BCUT2D eigenvalue weighted by molar-refractivity contribution is 5.95. The van der Waals surface area contributed by atoms with E-state index in [1.54, 1.807) is 25.7 Å². The lowest BCUT2D eigenvalue weighted by atomic mass is 10.1. The van der Waals surface area contributed by atoms with Crippen LogP contribution in [0, 0.1) is 5.92 Å². The zero-order valence-corrected chi connectivity index (χ0v) is 19.1. The summed E-state index contributed by atoms with van der Waals surface area (Å²) in [6.07, 6.45) is 7.94. The summed E-state index contributed by atoms with van der Waals surface area (Å²) < 4.78 is 5.66. The summed E-state index contributed by atoms with van der Waals surface area (Å²) in [5.74, 6) is 3.89. The van der Waals surface area contributed by atoms with Crippen LogP contribution in [-0.2, 0) is 0 Å². The summed E-state index contributed by atoms with van der Waals surface area (Å²) in [7, 11) is 1.67. The van der Waals surface area contributed by atoms with Crippen LogP contribution in [0.5, 0.6) is 5.75 Å². The Kier molecular flexibility index (Phi) is 5.43. The van der Waals surface area contributed by atoms with E-state index in [-0.39, 0.29) is 0 Å². The standard InChI is InChI=1S/C26H27N7O/c1-34-22-15-27-14-20-24(22)26(33-13-12-28-21(16-33)17-5-6-17)32-25(31-20)18-7-9-19(10-8-18)30-23-4-2-3-11-29-23/h2-4,7-11,14-15,17,21,28H,5-6,12-13,16H2,1H3,(H,29,30)/t21-/m1/s1. The number of piperazine rings is 1. The molecule has 0 amide bonds. The molecule has 1 aromatic carbocycles. The third-order valence-corrected chi connectivity index (χ3v) is 6.55. The van der Waals surface area contributed by atoms with Crippen LogP contribution in [-0.4, -0.2) is 52.7 Å². The Balaban J connectivity index is 1.37. The monoisotopic (exact) mass is 453 g/mol. The Hall–Kier alpha value is -3.78. The van der Waals surface area contributed by atoms with E-state index in [9.17, 15) is 0 Å². The van der Waals surface area contributed by atoms with Crippen molar-refractivity contribution in [2.45, 2.75) is 18.9 Å². The molecule has 0 spiro atoms. The van der Waals surface area contributed by atoms with E-state index < -0.39 is 0 Å². The van der Waals surface area contributed by atoms with Crippen molar-refractivity contribution in [1.82, 2.24) is 25.3 Å². The Morgan fingerprint density at radius 2 is 1.94 bits per heavy atom. The van der Waals surface area contributed by atoms with Gasteiger partial charge in [0.1, 0.15) is 17.4 Å². The number of hydrogen-bond acceptors (Lipinski definition) is 8. The number of rotatable bonds is 6. The largest absolute Gasteiger partial charge is 0.494 e. The maximum absolute atomic E-state index is 5.66. The van der Waals surface area contributed by atoms with Crippen LogP contribution >= 0.6 is 0 Å². The SMILES string of the molecule is COc1cncc2nc(-c3ccc(Nc4ccccn4)cc3)nc(N3CCN[C@@H](C4CC4)C3)c12. The number of pyridine rings is 2. The Labute approximate surface area is 198 Å². The van der Waals surface area contributed by atoms with E-state index in [1.807, 2.05) is 42.5 Å². The summed E-state index contributed by atoms with van der Waals surface area (Å²) in [5.41, 5.74) is 2.70. The predicted octanol–water partition coefficient (Wildman–Crippen LogP) is 4.03. The highest BCUT2D eigenvalue weighted by atomic mass is 16.5. The minimum Gasteiger partial charge on any atom is -0.494 e. The quantitative estimate of drug-likeness (QED) is 0.453. The summed E-state index contributed by atoms with van der Waals surface area (Å²) in [4.78, 5) is 21.0. The number of aromatic nitrogens is 4. The third-order valence-electron chi connectivity index (χ3n) is 6.55. The normalized spacial score (nSPS) is 18.1. The topological polar surface area (TPSA) is 88.1 Å². The molecular weight excluding hydrogens is 426 g/mol. The van der Waals surface area contributed by atoms with Crippen molar-refractivity contribution >= 4 is 28.2 Å². The highest BCUT2D eigenvalue weighted by Gasteiger charge is 2.35. The molecule has 0 bridgehead atoms. The van der Waals surface area contributed by atoms with Gasteiger partial charge in [-0.3, -0.25) is 4.98 Å². The second kappa shape index (κ2) is 8.87. The number of nitrogens with zero attached hydrogens (tertiary/aromatic N) is 5. The van der Waals surface area contributed by atoms with Crippen LogP contribution in [0.2, 0.25) is 0 Å². The van der Waals surface area contributed by atoms with E-state index in [0.717, 1.165) is 59.3 Å². The lowest BCUT2D eigenvalue weighted by Crippen LogP contribution is -2.52. The van der Waals surface area contributed by atoms with Crippen molar-refractivity contribution in [3.8, 4) is 17.1 Å². The molecule has 3 aromatic heterocycles. The number of nitrogens with one attached hydrogen (secondary N) is 2. The second-order valence-corrected chi connectivity index (χ2v) is 8.87. The van der Waals surface area contributed by atoms with Crippen molar-refractivity contribution in [2.75, 3.05) is 37.0 Å². The first kappa shape index (κ1) is 20.8. The van der Waals surface area contributed by atoms with E-state index in [2.05, 4.69) is 25.5 Å². The molecule has 8 nitrogen and oxygen atoms in total. The van der Waals surface area contributed by atoms with Crippen molar-refractivity contribution in [1.29, 1.82) is 0 Å². The fraction of sp³-hybridized carbons (Fsp3) is 0.308. The average molecular weight is 454 g/mol. The molecule has 0 radical (unpaired) electrons. The van der Waals surface area contributed by atoms with Gasteiger partial charge in [-0.15, -0.1) is 0 Å². The van der Waals surface area contributed by atoms with Gasteiger partial charge in [0.25, 0.3) is 0 Å². The van der Waals surface area contributed by atoms with Gasteiger partial charge in [-0.25, -0.2) is 15.0 Å². The fourth-order valence-corrected chi connectivity index (χ4v) is 4.62. The smallest absolute Gasteiger partial charge is 0.162 e. The van der Waals surface area contributed by atoms with E-state index in [4.69, 9.17) is 14.7 Å². The molecule has 1 saturated carbocycles. The molecule has 4 aromatic rings. The molecule has 1 aliphatic heterocycles. The summed E-state index contributed by atoms with van der Waals surface area (Å²) >= 11 is 0. The zero-order valence-electron chi connectivity index (χ0n) is 19.1.